The maximum atomic E-state index is 2.61. The molecular weight excluding hydrogens is 817 g/mol. The van der Waals surface area contributed by atoms with Gasteiger partial charge in [-0.05, 0) is 201 Å². The molecule has 2 unspecified atom stereocenters. The summed E-state index contributed by atoms with van der Waals surface area (Å²) in [5, 5.41) is 0. The Balaban J connectivity index is 0.795. The summed E-state index contributed by atoms with van der Waals surface area (Å²) >= 11 is 0. The largest absolute Gasteiger partial charge is 0.0619 e. The first-order valence-corrected chi connectivity index (χ1v) is 26.5. The van der Waals surface area contributed by atoms with Crippen molar-refractivity contribution in [3.63, 3.8) is 0 Å². The standard InChI is InChI=1S/C68H74/c1-45-37-48(22-18-20-36-68(54-32-34-56-50(42-54)40-52(56)44-66(6,7)8)63-29-15-11-25-59(63)60-26-12-16-30-64(60)68)46(2)38-47(45)21-17-19-35-67(53-31-33-55-49(41-53)39-51(55)43-65(3,4)5)61-27-13-9-23-57(61)58-24-10-14-28-62(58)67/h9-16,23-34,37-38,41-42,51-52H,17-22,35-36,39-40,43-44H2,1-8H3. The number of benzene rings is 7. The van der Waals surface area contributed by atoms with Crippen LogP contribution in [0.2, 0.25) is 0 Å². The van der Waals surface area contributed by atoms with Gasteiger partial charge in [0.1, 0.15) is 0 Å². The van der Waals surface area contributed by atoms with Crippen molar-refractivity contribution >= 4 is 0 Å². The molecule has 7 aromatic carbocycles. The second-order valence-electron chi connectivity index (χ2n) is 24.3. The van der Waals surface area contributed by atoms with Crippen molar-refractivity contribution in [2.45, 2.75) is 155 Å². The van der Waals surface area contributed by atoms with E-state index in [0.717, 1.165) is 25.7 Å². The van der Waals surface area contributed by atoms with Crippen LogP contribution >= 0.6 is 0 Å². The van der Waals surface area contributed by atoms with Gasteiger partial charge in [0.05, 0.1) is 0 Å². The molecule has 4 aliphatic rings. The van der Waals surface area contributed by atoms with Gasteiger partial charge < -0.3 is 0 Å². The lowest BCUT2D eigenvalue weighted by Crippen LogP contribution is -2.29. The topological polar surface area (TPSA) is 0 Å². The van der Waals surface area contributed by atoms with Crippen molar-refractivity contribution < 1.29 is 0 Å². The predicted molar refractivity (Wildman–Crippen MR) is 288 cm³/mol. The van der Waals surface area contributed by atoms with Crippen LogP contribution < -0.4 is 0 Å². The Morgan fingerprint density at radius 1 is 0.412 bits per heavy atom. The first-order chi connectivity index (χ1) is 32.7. The summed E-state index contributed by atoms with van der Waals surface area (Å²) in [6.45, 7) is 19.1. The average Bonchev–Trinajstić information content (AvgIpc) is 3.76. The molecule has 7 aromatic rings. The lowest BCUT2D eigenvalue weighted by molar-refractivity contribution is 0.323. The normalized spacial score (nSPS) is 17.8. The highest BCUT2D eigenvalue weighted by Gasteiger charge is 2.46. The molecule has 68 heavy (non-hydrogen) atoms. The fourth-order valence-electron chi connectivity index (χ4n) is 14.2. The molecule has 0 nitrogen and oxygen atoms in total. The van der Waals surface area contributed by atoms with Gasteiger partial charge in [0.25, 0.3) is 0 Å². The molecule has 11 rings (SSSR count). The van der Waals surface area contributed by atoms with Crippen LogP contribution in [0.4, 0.5) is 0 Å². The Morgan fingerprint density at radius 3 is 1.07 bits per heavy atom. The lowest BCUT2D eigenvalue weighted by Gasteiger charge is -2.38. The minimum Gasteiger partial charge on any atom is -0.0619 e. The summed E-state index contributed by atoms with van der Waals surface area (Å²) in [7, 11) is 0. The third-order valence-electron chi connectivity index (χ3n) is 17.2. The van der Waals surface area contributed by atoms with E-state index in [1.54, 1.807) is 22.3 Å². The summed E-state index contributed by atoms with van der Waals surface area (Å²) in [5.74, 6) is 1.39. The van der Waals surface area contributed by atoms with E-state index < -0.39 is 0 Å². The third kappa shape index (κ3) is 7.74. The van der Waals surface area contributed by atoms with Crippen LogP contribution in [0.25, 0.3) is 22.3 Å². The van der Waals surface area contributed by atoms with Crippen molar-refractivity contribution in [3.05, 3.63) is 223 Å². The number of fused-ring (bicyclic) bond motifs is 8. The molecule has 0 spiro atoms. The molecule has 0 heterocycles. The maximum absolute atomic E-state index is 2.61. The van der Waals surface area contributed by atoms with E-state index in [1.807, 2.05) is 0 Å². The van der Waals surface area contributed by atoms with Gasteiger partial charge in [-0.25, -0.2) is 0 Å². The first-order valence-electron chi connectivity index (χ1n) is 26.5. The third-order valence-corrected chi connectivity index (χ3v) is 17.2. The van der Waals surface area contributed by atoms with E-state index in [1.165, 1.54) is 129 Å². The van der Waals surface area contributed by atoms with E-state index >= 15 is 0 Å². The lowest BCUT2D eigenvalue weighted by atomic mass is 9.65. The summed E-state index contributed by atoms with van der Waals surface area (Å²) in [5.41, 5.74) is 27.4. The van der Waals surface area contributed by atoms with Gasteiger partial charge in [0, 0.05) is 10.8 Å². The monoisotopic (exact) mass is 891 g/mol. The molecule has 4 aliphatic carbocycles. The number of hydrogen-bond donors (Lipinski definition) is 0. The van der Waals surface area contributed by atoms with Crippen molar-refractivity contribution in [1.29, 1.82) is 0 Å². The average molecular weight is 891 g/mol. The van der Waals surface area contributed by atoms with Gasteiger partial charge in [0.15, 0.2) is 0 Å². The molecule has 0 aromatic heterocycles. The predicted octanol–water partition coefficient (Wildman–Crippen LogP) is 17.9. The van der Waals surface area contributed by atoms with Gasteiger partial charge in [-0.3, -0.25) is 0 Å². The Morgan fingerprint density at radius 2 is 0.750 bits per heavy atom. The Kier molecular flexibility index (Phi) is 11.4. The van der Waals surface area contributed by atoms with Crippen molar-refractivity contribution in [2.75, 3.05) is 0 Å². The highest BCUT2D eigenvalue weighted by Crippen LogP contribution is 2.58. The Hall–Kier alpha value is -5.46. The second-order valence-corrected chi connectivity index (χ2v) is 24.3. The Labute approximate surface area is 409 Å². The molecule has 2 atom stereocenters. The van der Waals surface area contributed by atoms with Crippen LogP contribution in [0.3, 0.4) is 0 Å². The van der Waals surface area contributed by atoms with E-state index in [4.69, 9.17) is 0 Å². The number of aryl methyl sites for hydroxylation is 4. The Bertz CT molecular complexity index is 2730. The van der Waals surface area contributed by atoms with Crippen LogP contribution in [-0.2, 0) is 36.5 Å². The highest BCUT2D eigenvalue weighted by molar-refractivity contribution is 5.85. The van der Waals surface area contributed by atoms with Crippen LogP contribution in [0.1, 0.15) is 183 Å². The molecule has 0 heteroatoms. The molecule has 0 fully saturated rings. The molecule has 0 amide bonds. The smallest absolute Gasteiger partial charge is 0.0463 e. The van der Waals surface area contributed by atoms with Gasteiger partial charge >= 0.3 is 0 Å². The summed E-state index contributed by atoms with van der Waals surface area (Å²) in [6, 6.07) is 57.6. The fourth-order valence-corrected chi connectivity index (χ4v) is 14.2. The quantitative estimate of drug-likeness (QED) is 0.0955. The van der Waals surface area contributed by atoms with E-state index in [2.05, 4.69) is 201 Å². The molecule has 0 aliphatic heterocycles. The zero-order chi connectivity index (χ0) is 47.0. The zero-order valence-electron chi connectivity index (χ0n) is 42.5. The van der Waals surface area contributed by atoms with Gasteiger partial charge in [-0.15, -0.1) is 0 Å². The first kappa shape index (κ1) is 45.0. The van der Waals surface area contributed by atoms with E-state index in [9.17, 15) is 0 Å². The number of rotatable bonds is 14. The maximum Gasteiger partial charge on any atom is 0.0463 e. The van der Waals surface area contributed by atoms with Crippen molar-refractivity contribution in [3.8, 4) is 22.3 Å². The molecular formula is C68H74. The number of unbranched alkanes of at least 4 members (excludes halogenated alkanes) is 2. The molecule has 0 radical (unpaired) electrons. The van der Waals surface area contributed by atoms with Gasteiger partial charge in [-0.2, -0.15) is 0 Å². The van der Waals surface area contributed by atoms with E-state index in [0.29, 0.717) is 22.7 Å². The summed E-state index contributed by atoms with van der Waals surface area (Å²) < 4.78 is 0. The minimum atomic E-state index is -0.121. The molecule has 0 bridgehead atoms. The summed E-state index contributed by atoms with van der Waals surface area (Å²) in [4.78, 5) is 0. The van der Waals surface area contributed by atoms with Crippen LogP contribution in [-0.4, -0.2) is 0 Å². The SMILES string of the molecule is Cc1cc(CCCCC2(c3ccc4c(c3)CC4CC(C)(C)C)c3ccccc3-c3ccccc32)c(C)cc1CCCCC1(c2ccc3c(c2)CC3CC(C)(C)C)c2ccccc2-c2ccccc21. The molecule has 0 N–H and O–H groups in total. The molecule has 0 saturated carbocycles. The van der Waals surface area contributed by atoms with Crippen LogP contribution in [0.15, 0.2) is 146 Å². The molecule has 0 saturated heterocycles. The highest BCUT2D eigenvalue weighted by atomic mass is 14.5. The fraction of sp³-hybridized carbons (Fsp3) is 0.382. The van der Waals surface area contributed by atoms with Crippen LogP contribution in [0, 0.1) is 24.7 Å². The second kappa shape index (κ2) is 17.2. The zero-order valence-corrected chi connectivity index (χ0v) is 42.5. The van der Waals surface area contributed by atoms with Crippen molar-refractivity contribution in [2.24, 2.45) is 10.8 Å². The molecule has 346 valence electrons. The van der Waals surface area contributed by atoms with E-state index in [-0.39, 0.29) is 10.8 Å². The number of hydrogen-bond acceptors (Lipinski definition) is 0. The van der Waals surface area contributed by atoms with Gasteiger partial charge in [-0.1, -0.05) is 200 Å². The van der Waals surface area contributed by atoms with Crippen molar-refractivity contribution in [1.82, 2.24) is 0 Å². The van der Waals surface area contributed by atoms with Gasteiger partial charge in [0.2, 0.25) is 0 Å². The summed E-state index contributed by atoms with van der Waals surface area (Å²) in [6.07, 6.45) is 14.2. The minimum absolute atomic E-state index is 0.121. The van der Waals surface area contributed by atoms with Crippen LogP contribution in [0.5, 0.6) is 0 Å².